The topological polar surface area (TPSA) is 94.5 Å². The van der Waals surface area contributed by atoms with E-state index in [1.54, 1.807) is 6.07 Å². The highest BCUT2D eigenvalue weighted by Crippen LogP contribution is 2.47. The van der Waals surface area contributed by atoms with Gasteiger partial charge in [0.25, 0.3) is 0 Å². The fraction of sp³-hybridized carbons (Fsp3) is 0.588. The summed E-state index contributed by atoms with van der Waals surface area (Å²) >= 11 is 0. The molecule has 1 aromatic rings. The molecule has 24 heavy (non-hydrogen) atoms. The average molecular weight is 340 g/mol. The highest BCUT2D eigenvalue weighted by Gasteiger charge is 2.40. The van der Waals surface area contributed by atoms with Gasteiger partial charge in [0.15, 0.2) is 11.5 Å². The van der Waals surface area contributed by atoms with E-state index < -0.39 is 24.3 Å². The Kier molecular flexibility index (Phi) is 5.90. The maximum atomic E-state index is 12.4. The molecule has 2 N–H and O–H groups in total. The first-order valence-electron chi connectivity index (χ1n) is 7.88. The molecule has 7 heteroatoms. The third-order valence-electron chi connectivity index (χ3n) is 4.16. The quantitative estimate of drug-likeness (QED) is 0.735. The maximum absolute atomic E-state index is 12.4. The number of aromatic hydroxyl groups is 1. The van der Waals surface area contributed by atoms with Crippen molar-refractivity contribution < 1.29 is 34.0 Å². The van der Waals surface area contributed by atoms with Crippen LogP contribution in [0.3, 0.4) is 0 Å². The monoisotopic (exact) mass is 340 g/mol. The number of esters is 1. The molecule has 0 saturated carbocycles. The van der Waals surface area contributed by atoms with Gasteiger partial charge in [-0.3, -0.25) is 0 Å². The summed E-state index contributed by atoms with van der Waals surface area (Å²) in [4.78, 5) is 12.4. The number of hydrogen-bond donors (Lipinski definition) is 2. The second-order valence-electron chi connectivity index (χ2n) is 5.70. The number of rotatable bonds is 7. The zero-order valence-corrected chi connectivity index (χ0v) is 14.4. The summed E-state index contributed by atoms with van der Waals surface area (Å²) in [6.45, 7) is 1.97. The van der Waals surface area contributed by atoms with Gasteiger partial charge in [-0.25, -0.2) is 4.79 Å². The first-order chi connectivity index (χ1) is 11.5. The lowest BCUT2D eigenvalue weighted by atomic mass is 9.90. The van der Waals surface area contributed by atoms with Crippen LogP contribution in [0.1, 0.15) is 48.2 Å². The van der Waals surface area contributed by atoms with Crippen LogP contribution in [0.2, 0.25) is 0 Å². The molecule has 3 atom stereocenters. The molecule has 0 unspecified atom stereocenters. The number of methoxy groups -OCH3 is 3. The number of cyclic esters (lactones) is 1. The highest BCUT2D eigenvalue weighted by atomic mass is 16.6. The Morgan fingerprint density at radius 2 is 2.00 bits per heavy atom. The molecular formula is C17H24O7. The molecule has 0 bridgehead atoms. The molecule has 0 amide bonds. The lowest BCUT2D eigenvalue weighted by molar-refractivity contribution is -0.0638. The lowest BCUT2D eigenvalue weighted by Crippen LogP contribution is -2.36. The molecule has 0 aromatic heterocycles. The molecule has 0 aliphatic carbocycles. The third kappa shape index (κ3) is 3.27. The van der Waals surface area contributed by atoms with Crippen LogP contribution in [0.5, 0.6) is 17.2 Å². The average Bonchev–Trinajstić information content (AvgIpc) is 2.54. The fourth-order valence-electron chi connectivity index (χ4n) is 3.06. The number of ether oxygens (including phenoxy) is 4. The molecule has 2 rings (SSSR count). The smallest absolute Gasteiger partial charge is 0.342 e. The molecule has 1 heterocycles. The normalized spacial score (nSPS) is 21.0. The predicted molar refractivity (Wildman–Crippen MR) is 85.7 cm³/mol. The van der Waals surface area contributed by atoms with Gasteiger partial charge in [0.05, 0.1) is 20.3 Å². The van der Waals surface area contributed by atoms with Crippen molar-refractivity contribution in [2.45, 2.75) is 44.5 Å². The van der Waals surface area contributed by atoms with Gasteiger partial charge in [-0.15, -0.1) is 0 Å². The Balaban J connectivity index is 2.47. The van der Waals surface area contributed by atoms with Gasteiger partial charge >= 0.3 is 5.97 Å². The van der Waals surface area contributed by atoms with Gasteiger partial charge in [-0.2, -0.15) is 0 Å². The van der Waals surface area contributed by atoms with Crippen molar-refractivity contribution in [2.24, 2.45) is 0 Å². The van der Waals surface area contributed by atoms with Crippen molar-refractivity contribution >= 4 is 5.97 Å². The molecule has 0 fully saturated rings. The zero-order chi connectivity index (χ0) is 17.9. The van der Waals surface area contributed by atoms with E-state index in [0.717, 1.165) is 6.42 Å². The van der Waals surface area contributed by atoms with E-state index in [-0.39, 0.29) is 23.5 Å². The fourth-order valence-corrected chi connectivity index (χ4v) is 3.06. The van der Waals surface area contributed by atoms with Crippen LogP contribution in [0, 0.1) is 0 Å². The van der Waals surface area contributed by atoms with Crippen molar-refractivity contribution in [3.05, 3.63) is 17.2 Å². The number of fused-ring (bicyclic) bond motifs is 1. The molecule has 1 aromatic carbocycles. The molecule has 0 spiro atoms. The Labute approximate surface area is 141 Å². The number of hydrogen-bond acceptors (Lipinski definition) is 7. The minimum Gasteiger partial charge on any atom is -0.504 e. The molecular weight excluding hydrogens is 316 g/mol. The molecule has 0 saturated heterocycles. The second kappa shape index (κ2) is 7.72. The molecule has 1 aliphatic rings. The standard InChI is InChI=1S/C17H24O7/c1-5-6-9(18)7-12-15(22-3)10-8-11(21-2)16(23-4)14(19)13(10)17(20)24-12/h8-9,12,15,18-19H,5-7H2,1-4H3/t9-,12+,15+/m0/s1. The largest absolute Gasteiger partial charge is 0.504 e. The SMILES string of the molecule is CCC[C@H](O)C[C@H]1OC(=O)c2c(cc(OC)c(OC)c2O)[C@H]1OC. The summed E-state index contributed by atoms with van der Waals surface area (Å²) < 4.78 is 21.2. The Morgan fingerprint density at radius 3 is 2.54 bits per heavy atom. The van der Waals surface area contributed by atoms with E-state index in [0.29, 0.717) is 17.7 Å². The lowest BCUT2D eigenvalue weighted by Gasteiger charge is -2.34. The molecule has 1 aliphatic heterocycles. The highest BCUT2D eigenvalue weighted by molar-refractivity contribution is 5.97. The molecule has 7 nitrogen and oxygen atoms in total. The van der Waals surface area contributed by atoms with Crippen LogP contribution >= 0.6 is 0 Å². The predicted octanol–water partition coefficient (Wildman–Crippen LogP) is 2.19. The zero-order valence-electron chi connectivity index (χ0n) is 14.4. The minimum absolute atomic E-state index is 0.000677. The van der Waals surface area contributed by atoms with E-state index in [2.05, 4.69) is 0 Å². The van der Waals surface area contributed by atoms with Crippen molar-refractivity contribution in [1.29, 1.82) is 0 Å². The first-order valence-corrected chi connectivity index (χ1v) is 7.88. The summed E-state index contributed by atoms with van der Waals surface area (Å²) in [6.07, 6.45) is -0.173. The summed E-state index contributed by atoms with van der Waals surface area (Å²) in [5.41, 5.74) is 0.457. The summed E-state index contributed by atoms with van der Waals surface area (Å²) in [5, 5.41) is 20.4. The van der Waals surface area contributed by atoms with Crippen molar-refractivity contribution in [2.75, 3.05) is 21.3 Å². The number of phenolic OH excluding ortho intramolecular Hbond substituents is 1. The first kappa shape index (κ1) is 18.4. The number of carbonyl (C=O) groups is 1. The Bertz CT molecular complexity index is 599. The van der Waals surface area contributed by atoms with Crippen molar-refractivity contribution in [3.63, 3.8) is 0 Å². The van der Waals surface area contributed by atoms with Gasteiger partial charge in [-0.1, -0.05) is 13.3 Å². The number of aliphatic hydroxyl groups is 1. The van der Waals surface area contributed by atoms with Crippen molar-refractivity contribution in [1.82, 2.24) is 0 Å². The van der Waals surface area contributed by atoms with E-state index in [4.69, 9.17) is 18.9 Å². The van der Waals surface area contributed by atoms with E-state index in [1.807, 2.05) is 6.92 Å². The maximum Gasteiger partial charge on any atom is 0.342 e. The summed E-state index contributed by atoms with van der Waals surface area (Å²) in [6, 6.07) is 1.60. The Morgan fingerprint density at radius 1 is 1.29 bits per heavy atom. The second-order valence-corrected chi connectivity index (χ2v) is 5.70. The number of aliphatic hydroxyl groups excluding tert-OH is 1. The summed E-state index contributed by atoms with van der Waals surface area (Å²) in [7, 11) is 4.30. The van der Waals surface area contributed by atoms with E-state index in [1.165, 1.54) is 21.3 Å². The van der Waals surface area contributed by atoms with Gasteiger partial charge in [0, 0.05) is 19.1 Å². The number of phenols is 1. The molecule has 0 radical (unpaired) electrons. The van der Waals surface area contributed by atoms with E-state index in [9.17, 15) is 15.0 Å². The number of benzene rings is 1. The van der Waals surface area contributed by atoms with Crippen LogP contribution in [0.4, 0.5) is 0 Å². The van der Waals surface area contributed by atoms with Gasteiger partial charge < -0.3 is 29.2 Å². The van der Waals surface area contributed by atoms with E-state index >= 15 is 0 Å². The molecule has 134 valence electrons. The van der Waals surface area contributed by atoms with Gasteiger partial charge in [-0.05, 0) is 12.5 Å². The van der Waals surface area contributed by atoms with Crippen LogP contribution in [-0.4, -0.2) is 49.7 Å². The summed E-state index contributed by atoms with van der Waals surface area (Å²) in [5.74, 6) is -0.664. The van der Waals surface area contributed by atoms with Crippen LogP contribution in [-0.2, 0) is 9.47 Å². The van der Waals surface area contributed by atoms with Crippen molar-refractivity contribution in [3.8, 4) is 17.2 Å². The van der Waals surface area contributed by atoms with Crippen LogP contribution in [0.15, 0.2) is 6.07 Å². The Hall–Kier alpha value is -1.99. The minimum atomic E-state index is -0.676. The number of carbonyl (C=O) groups excluding carboxylic acids is 1. The van der Waals surface area contributed by atoms with Crippen LogP contribution < -0.4 is 9.47 Å². The van der Waals surface area contributed by atoms with Gasteiger partial charge in [0.1, 0.15) is 17.8 Å². The van der Waals surface area contributed by atoms with Crippen LogP contribution in [0.25, 0.3) is 0 Å². The van der Waals surface area contributed by atoms with Gasteiger partial charge in [0.2, 0.25) is 5.75 Å². The third-order valence-corrected chi connectivity index (χ3v) is 4.16.